The predicted molar refractivity (Wildman–Crippen MR) is 87.4 cm³/mol. The lowest BCUT2D eigenvalue weighted by molar-refractivity contribution is 0.0174. The molecule has 0 aliphatic rings. The Morgan fingerprint density at radius 1 is 1.29 bits per heavy atom. The van der Waals surface area contributed by atoms with E-state index in [1.807, 2.05) is 0 Å². The number of nitrogens with one attached hydrogen (secondary N) is 1. The number of hydrogen-bond donors (Lipinski definition) is 1. The van der Waals surface area contributed by atoms with E-state index in [1.54, 1.807) is 12.1 Å². The zero-order chi connectivity index (χ0) is 15.6. The number of alkyl halides is 2. The minimum atomic E-state index is -2.99. The highest BCUT2D eigenvalue weighted by molar-refractivity contribution is 9.10. The molecular weight excluding hydrogens is 405 g/mol. The molecule has 0 saturated heterocycles. The third-order valence-corrected chi connectivity index (χ3v) is 4.48. The van der Waals surface area contributed by atoms with Gasteiger partial charge in [0.15, 0.2) is 0 Å². The monoisotopic (exact) mass is 412 g/mol. The quantitative estimate of drug-likeness (QED) is 0.464. The van der Waals surface area contributed by atoms with E-state index < -0.39 is 5.92 Å². The lowest BCUT2D eigenvalue weighted by atomic mass is 10.1. The van der Waals surface area contributed by atoms with Gasteiger partial charge in [-0.3, -0.25) is 0 Å². The summed E-state index contributed by atoms with van der Waals surface area (Å²) in [5, 5.41) is 0.510. The largest absolute Gasteiger partial charge is 0.323 e. The van der Waals surface area contributed by atoms with Gasteiger partial charge in [0.1, 0.15) is 4.60 Å². The van der Waals surface area contributed by atoms with Crippen LogP contribution in [0.5, 0.6) is 0 Å². The number of rotatable bonds is 4. The van der Waals surface area contributed by atoms with Gasteiger partial charge >= 0.3 is 0 Å². The maximum Gasteiger partial charge on any atom is 0.271 e. The molecule has 1 heterocycles. The van der Waals surface area contributed by atoms with E-state index in [4.69, 9.17) is 23.2 Å². The summed E-state index contributed by atoms with van der Waals surface area (Å²) in [6.07, 6.45) is 1.50. The van der Waals surface area contributed by atoms with Gasteiger partial charge in [-0.2, -0.15) is 0 Å². The van der Waals surface area contributed by atoms with E-state index in [0.717, 1.165) is 18.9 Å². The molecule has 0 saturated carbocycles. The van der Waals surface area contributed by atoms with Gasteiger partial charge in [0.2, 0.25) is 0 Å². The van der Waals surface area contributed by atoms with Crippen LogP contribution in [0.1, 0.15) is 12.5 Å². The molecule has 1 N–H and O–H groups in total. The van der Waals surface area contributed by atoms with Crippen LogP contribution in [0.4, 0.5) is 14.5 Å². The molecule has 1 aromatic carbocycles. The highest BCUT2D eigenvalue weighted by Crippen LogP contribution is 2.36. The Labute approximate surface area is 143 Å². The highest BCUT2D eigenvalue weighted by atomic mass is 79.9. The van der Waals surface area contributed by atoms with Crippen molar-refractivity contribution in [3.05, 3.63) is 50.7 Å². The van der Waals surface area contributed by atoms with E-state index in [9.17, 15) is 8.78 Å². The van der Waals surface area contributed by atoms with Crippen LogP contribution in [0.15, 0.2) is 40.0 Å². The molecular formula is C13H9BrCl2F2N2S. The first-order chi connectivity index (χ1) is 9.77. The van der Waals surface area contributed by atoms with Gasteiger partial charge in [0, 0.05) is 28.6 Å². The van der Waals surface area contributed by atoms with Crippen LogP contribution in [0, 0.1) is 0 Å². The van der Waals surface area contributed by atoms with Crippen molar-refractivity contribution in [3.8, 4) is 0 Å². The Hall–Kier alpha value is -0.560. The number of anilines is 1. The van der Waals surface area contributed by atoms with E-state index in [-0.39, 0.29) is 10.6 Å². The minimum absolute atomic E-state index is 0.0393. The maximum absolute atomic E-state index is 13.4. The molecule has 0 aliphatic carbocycles. The van der Waals surface area contributed by atoms with Crippen LogP contribution in [0.2, 0.25) is 10.0 Å². The third-order valence-electron chi connectivity index (χ3n) is 2.50. The lowest BCUT2D eigenvalue weighted by Gasteiger charge is -2.14. The molecule has 1 aromatic heterocycles. The number of benzene rings is 1. The van der Waals surface area contributed by atoms with Gasteiger partial charge in [0.25, 0.3) is 5.92 Å². The summed E-state index contributed by atoms with van der Waals surface area (Å²) < 4.78 is 30.4. The summed E-state index contributed by atoms with van der Waals surface area (Å²) in [6, 6.07) is 6.13. The number of nitrogens with zero attached hydrogens (tertiary/aromatic N) is 1. The molecule has 2 aromatic rings. The highest BCUT2D eigenvalue weighted by Gasteiger charge is 2.27. The summed E-state index contributed by atoms with van der Waals surface area (Å²) in [5.74, 6) is -2.99. The van der Waals surface area contributed by atoms with Crippen LogP contribution in [0.25, 0.3) is 0 Å². The Kier molecular flexibility index (Phi) is 5.35. The van der Waals surface area contributed by atoms with Gasteiger partial charge in [-0.15, -0.1) is 0 Å². The molecule has 0 unspecified atom stereocenters. The van der Waals surface area contributed by atoms with Crippen molar-refractivity contribution in [2.75, 3.05) is 4.72 Å². The van der Waals surface area contributed by atoms with Crippen LogP contribution in [0.3, 0.4) is 0 Å². The standard InChI is InChI=1S/C13H9BrCl2F2N2S/c1-13(17,18)9-5-8(2-3-10(9)16)21-20-11-4-7(15)6-19-12(11)14/h2-6,20H,1H3. The Morgan fingerprint density at radius 2 is 2.00 bits per heavy atom. The first-order valence-electron chi connectivity index (χ1n) is 5.69. The SMILES string of the molecule is CC(F)(F)c1cc(SNc2cc(Cl)cnc2Br)ccc1Cl. The summed E-state index contributed by atoms with van der Waals surface area (Å²) in [5.41, 5.74) is 0.437. The summed E-state index contributed by atoms with van der Waals surface area (Å²) >= 11 is 16.1. The molecule has 0 bridgehead atoms. The van der Waals surface area contributed by atoms with Crippen LogP contribution in [-0.4, -0.2) is 4.98 Å². The second-order valence-electron chi connectivity index (χ2n) is 4.23. The van der Waals surface area contributed by atoms with Crippen molar-refractivity contribution in [1.82, 2.24) is 4.98 Å². The van der Waals surface area contributed by atoms with Gasteiger partial charge in [0.05, 0.1) is 10.7 Å². The van der Waals surface area contributed by atoms with Crippen LogP contribution < -0.4 is 4.72 Å². The fraction of sp³-hybridized carbons (Fsp3) is 0.154. The van der Waals surface area contributed by atoms with Crippen LogP contribution in [-0.2, 0) is 5.92 Å². The molecule has 0 radical (unpaired) electrons. The van der Waals surface area contributed by atoms with E-state index in [1.165, 1.54) is 18.3 Å². The van der Waals surface area contributed by atoms with E-state index >= 15 is 0 Å². The van der Waals surface area contributed by atoms with Gasteiger partial charge in [-0.25, -0.2) is 13.8 Å². The second-order valence-corrected chi connectivity index (χ2v) is 6.70. The zero-order valence-corrected chi connectivity index (χ0v) is 14.5. The van der Waals surface area contributed by atoms with Crippen molar-refractivity contribution in [2.24, 2.45) is 0 Å². The Bertz CT molecular complexity index is 665. The smallest absolute Gasteiger partial charge is 0.271 e. The second kappa shape index (κ2) is 6.69. The topological polar surface area (TPSA) is 24.9 Å². The summed E-state index contributed by atoms with van der Waals surface area (Å²) in [6.45, 7) is 0.813. The Balaban J connectivity index is 2.19. The van der Waals surface area contributed by atoms with Crippen molar-refractivity contribution in [3.63, 3.8) is 0 Å². The number of halogens is 5. The van der Waals surface area contributed by atoms with Crippen molar-refractivity contribution >= 4 is 56.8 Å². The van der Waals surface area contributed by atoms with Gasteiger partial charge < -0.3 is 4.72 Å². The predicted octanol–water partition coefficient (Wildman–Crippen LogP) is 6.38. The molecule has 0 fully saturated rings. The molecule has 0 spiro atoms. The van der Waals surface area contributed by atoms with Crippen molar-refractivity contribution in [1.29, 1.82) is 0 Å². The molecule has 112 valence electrons. The lowest BCUT2D eigenvalue weighted by Crippen LogP contribution is -2.08. The van der Waals surface area contributed by atoms with Crippen molar-refractivity contribution < 1.29 is 8.78 Å². The van der Waals surface area contributed by atoms with Crippen molar-refractivity contribution in [2.45, 2.75) is 17.7 Å². The summed E-state index contributed by atoms with van der Waals surface area (Å²) in [4.78, 5) is 4.63. The summed E-state index contributed by atoms with van der Waals surface area (Å²) in [7, 11) is 0. The number of aromatic nitrogens is 1. The number of hydrogen-bond acceptors (Lipinski definition) is 3. The third kappa shape index (κ3) is 4.45. The zero-order valence-electron chi connectivity index (χ0n) is 10.6. The van der Waals surface area contributed by atoms with E-state index in [0.29, 0.717) is 20.2 Å². The first-order valence-corrected chi connectivity index (χ1v) is 8.05. The first kappa shape index (κ1) is 16.8. The molecule has 0 amide bonds. The average Bonchev–Trinajstić information content (AvgIpc) is 2.40. The van der Waals surface area contributed by atoms with E-state index in [2.05, 4.69) is 25.6 Å². The number of pyridine rings is 1. The molecule has 0 atom stereocenters. The van der Waals surface area contributed by atoms with Crippen LogP contribution >= 0.6 is 51.1 Å². The minimum Gasteiger partial charge on any atom is -0.323 e. The Morgan fingerprint density at radius 3 is 2.67 bits per heavy atom. The maximum atomic E-state index is 13.4. The molecule has 8 heteroatoms. The molecule has 0 aliphatic heterocycles. The molecule has 2 nitrogen and oxygen atoms in total. The fourth-order valence-electron chi connectivity index (χ4n) is 1.51. The van der Waals surface area contributed by atoms with Gasteiger partial charge in [-0.1, -0.05) is 23.2 Å². The molecule has 21 heavy (non-hydrogen) atoms. The van der Waals surface area contributed by atoms with Gasteiger partial charge in [-0.05, 0) is 52.1 Å². The molecule has 2 rings (SSSR count). The average molecular weight is 414 g/mol. The fourth-order valence-corrected chi connectivity index (χ4v) is 3.10. The normalized spacial score (nSPS) is 11.5.